The molecule has 2 heterocycles. The third kappa shape index (κ3) is 15.3. The summed E-state index contributed by atoms with van der Waals surface area (Å²) in [6.45, 7) is 14.5. The molecule has 0 fully saturated rings. The minimum Gasteiger partial charge on any atom is -0.344 e. The van der Waals surface area contributed by atoms with Gasteiger partial charge in [-0.15, -0.1) is 20.4 Å². The number of nitrogens with zero attached hydrogens (tertiary/aromatic N) is 3. The maximum absolute atomic E-state index is 14.0. The number of benzene rings is 2. The molecule has 1 aliphatic carbocycles. The zero-order valence-electron chi connectivity index (χ0n) is 41.2. The molecule has 2 aliphatic heterocycles. The second-order valence-corrected chi connectivity index (χ2v) is 27.4. The molecule has 2 aromatic carbocycles. The number of allylic oxidation sites excluding steroid dienone is 7. The molecule has 18 nitrogen and oxygen atoms in total. The van der Waals surface area contributed by atoms with E-state index in [0.717, 1.165) is 80.5 Å². The molecule has 0 saturated heterocycles. The fourth-order valence-electron chi connectivity index (χ4n) is 8.95. The minimum atomic E-state index is -4.29. The Hall–Kier alpha value is -2.92. The minimum absolute atomic E-state index is 0.0580. The van der Waals surface area contributed by atoms with Crippen molar-refractivity contribution < 1.29 is 73.0 Å². The summed E-state index contributed by atoms with van der Waals surface area (Å²) < 4.78 is 107. The van der Waals surface area contributed by atoms with E-state index in [1.807, 2.05) is 89.5 Å². The van der Waals surface area contributed by atoms with Crippen molar-refractivity contribution in [1.82, 2.24) is 4.31 Å². The maximum atomic E-state index is 14.0. The first kappa shape index (κ1) is 59.0. The zero-order chi connectivity index (χ0) is 52.6. The van der Waals surface area contributed by atoms with Crippen LogP contribution in [-0.4, -0.2) is 115 Å². The van der Waals surface area contributed by atoms with Crippen LogP contribution in [0.3, 0.4) is 0 Å². The van der Waals surface area contributed by atoms with Gasteiger partial charge in [0.15, 0.2) is 5.71 Å². The van der Waals surface area contributed by atoms with Crippen molar-refractivity contribution in [3.63, 3.8) is 0 Å². The molecule has 4 N–H and O–H groups in total. The van der Waals surface area contributed by atoms with Gasteiger partial charge in [-0.3, -0.25) is 13.9 Å². The van der Waals surface area contributed by atoms with Crippen LogP contribution in [-0.2, 0) is 64.6 Å². The molecule has 3 aliphatic rings. The first-order valence-electron chi connectivity index (χ1n) is 22.9. The second kappa shape index (κ2) is 24.6. The average Bonchev–Trinajstić information content (AvgIpc) is 3.62. The lowest BCUT2D eigenvalue weighted by molar-refractivity contribution is -0.437. The highest BCUT2D eigenvalue weighted by atomic mass is 32.2. The molecule has 394 valence electrons. The monoisotopic (exact) mass is 1100 g/mol. The number of thioether (sulfide) groups is 1. The molecule has 5 rings (SSSR count). The summed E-state index contributed by atoms with van der Waals surface area (Å²) >= 11 is 3.06. The average molecular weight is 1110 g/mol. The zero-order valence-corrected chi connectivity index (χ0v) is 46.1. The summed E-state index contributed by atoms with van der Waals surface area (Å²) in [5, 5.41) is 25.1. The van der Waals surface area contributed by atoms with Crippen molar-refractivity contribution in [1.29, 1.82) is 0 Å². The fourth-order valence-corrected chi connectivity index (χ4v) is 13.5. The van der Waals surface area contributed by atoms with Crippen LogP contribution in [0.25, 0.3) is 0 Å². The number of carbonyl (C=O) groups is 1. The Morgan fingerprint density at radius 3 is 2.21 bits per heavy atom. The van der Waals surface area contributed by atoms with Gasteiger partial charge in [0.1, 0.15) is 12.3 Å². The molecular weight excluding hydrogens is 1040 g/mol. The van der Waals surface area contributed by atoms with Crippen LogP contribution in [0.2, 0.25) is 0 Å². The van der Waals surface area contributed by atoms with Gasteiger partial charge >= 0.3 is 0 Å². The molecule has 24 heteroatoms. The first-order chi connectivity index (χ1) is 33.1. The smallest absolute Gasteiger partial charge is 0.265 e. The Morgan fingerprint density at radius 1 is 0.845 bits per heavy atom. The molecule has 0 amide bonds. The number of carbonyl (C=O) groups excluding carboxylic acids is 1. The Morgan fingerprint density at radius 2 is 1.55 bits per heavy atom. The number of hydrogen-bond acceptors (Lipinski definition) is 17. The molecule has 0 saturated carbocycles. The lowest BCUT2D eigenvalue weighted by atomic mass is 9.81. The van der Waals surface area contributed by atoms with Crippen LogP contribution in [0.1, 0.15) is 105 Å². The highest BCUT2D eigenvalue weighted by Gasteiger charge is 2.45. The predicted octanol–water partition coefficient (Wildman–Crippen LogP) is 9.47. The van der Waals surface area contributed by atoms with E-state index in [4.69, 9.17) is 14.8 Å². The van der Waals surface area contributed by atoms with Gasteiger partial charge in [-0.05, 0) is 99.1 Å². The van der Waals surface area contributed by atoms with E-state index in [1.165, 1.54) is 23.1 Å². The van der Waals surface area contributed by atoms with Gasteiger partial charge in [0, 0.05) is 106 Å². The lowest BCUT2D eigenvalue weighted by Gasteiger charge is -2.27. The molecule has 71 heavy (non-hydrogen) atoms. The molecule has 0 radical (unpaired) electrons. The van der Waals surface area contributed by atoms with E-state index < -0.39 is 58.0 Å². The third-order valence-corrected chi connectivity index (χ3v) is 18.8. The van der Waals surface area contributed by atoms with Gasteiger partial charge < -0.3 is 4.90 Å². The molecule has 0 unspecified atom stereocenters. The maximum Gasteiger partial charge on any atom is 0.265 e. The van der Waals surface area contributed by atoms with Gasteiger partial charge in [0.05, 0.1) is 33.9 Å². The van der Waals surface area contributed by atoms with Crippen LogP contribution < -0.4 is 4.90 Å². The van der Waals surface area contributed by atoms with Crippen molar-refractivity contribution in [2.24, 2.45) is 5.41 Å². The number of rotatable bonds is 26. The molecule has 0 spiro atoms. The summed E-state index contributed by atoms with van der Waals surface area (Å²) in [5.74, 6) is -0.348. The predicted molar refractivity (Wildman–Crippen MR) is 278 cm³/mol. The van der Waals surface area contributed by atoms with E-state index in [-0.39, 0.29) is 42.4 Å². The van der Waals surface area contributed by atoms with Crippen LogP contribution in [0, 0.1) is 5.41 Å². The van der Waals surface area contributed by atoms with Gasteiger partial charge in [-0.1, -0.05) is 56.8 Å². The molecular formula is C47H66N3O15S6+. The Kier molecular flexibility index (Phi) is 20.4. The summed E-state index contributed by atoms with van der Waals surface area (Å²) in [7, 11) is -11.0. The van der Waals surface area contributed by atoms with E-state index in [1.54, 1.807) is 24.3 Å². The van der Waals surface area contributed by atoms with Crippen molar-refractivity contribution in [2.45, 2.75) is 114 Å². The topological polar surface area (TPSA) is 247 Å². The summed E-state index contributed by atoms with van der Waals surface area (Å²) in [6, 6.07) is 10.6. The van der Waals surface area contributed by atoms with E-state index >= 15 is 0 Å². The number of anilines is 1. The van der Waals surface area contributed by atoms with E-state index in [0.29, 0.717) is 42.9 Å². The Balaban J connectivity index is 1.57. The standard InChI is InChI=1S/C47H65N3O15S6/c1-45(2,3)43(51)15-10-24-48(8)71(60,61)36-19-21-40-38(32-36)47(6,7)42(49(40)25-11-27-67-64-62-52)23-17-34-14-9-13-33(44(34)66-28-30-70(57,58)59)16-22-41-46(4,5)37-31-35(68-65-63-53)18-20-39(37)50(41)26-12-29-69(54,55)56/h16-23,31-32H,9-15,24-30H2,1-8H3,(H3-,52,53,54,55,56,57,58,59)/p+1. The SMILES string of the molecule is CN(CCCC(=O)C(C)(C)C)S(=O)(=O)c1ccc2c(c1)C(C)(C)/C(=C\C=C1/CCCC(/C=C/C3=[N+](CCCS(=O)(=O)O)c4ccc(SOOO)cc4C3(C)C)=C1SCCS(=O)(=O)O)N2CCCSOOO. The van der Waals surface area contributed by atoms with Crippen molar-refractivity contribution >= 4 is 89.0 Å². The van der Waals surface area contributed by atoms with Crippen molar-refractivity contribution in [2.75, 3.05) is 54.6 Å². The van der Waals surface area contributed by atoms with Gasteiger partial charge in [-0.2, -0.15) is 21.4 Å². The van der Waals surface area contributed by atoms with Crippen molar-refractivity contribution in [3.8, 4) is 0 Å². The van der Waals surface area contributed by atoms with Crippen LogP contribution in [0.4, 0.5) is 11.4 Å². The summed E-state index contributed by atoms with van der Waals surface area (Å²) in [4.78, 5) is 16.3. The first-order valence-corrected chi connectivity index (χ1v) is 30.2. The number of fused-ring (bicyclic) bond motifs is 2. The van der Waals surface area contributed by atoms with Crippen LogP contribution >= 0.6 is 35.8 Å². The number of sulfonamides is 1. The van der Waals surface area contributed by atoms with E-state index in [2.05, 4.69) is 19.3 Å². The second-order valence-electron chi connectivity index (χ2n) is 19.5. The fraction of sp³-hybridized carbons (Fsp3) is 0.532. The van der Waals surface area contributed by atoms with Crippen molar-refractivity contribution in [3.05, 3.63) is 93.6 Å². The Labute approximate surface area is 431 Å². The molecule has 2 aromatic rings. The van der Waals surface area contributed by atoms with Gasteiger partial charge in [0.2, 0.25) is 15.7 Å². The Bertz CT molecular complexity index is 2780. The number of Topliss-reactive ketones (excluding diaryl/α,β-unsaturated/α-hetero) is 1. The molecule has 0 aromatic heterocycles. The normalized spacial score (nSPS) is 18.5. The third-order valence-electron chi connectivity index (χ3n) is 12.7. The number of ketones is 1. The highest BCUT2D eigenvalue weighted by molar-refractivity contribution is 8.04. The summed E-state index contributed by atoms with van der Waals surface area (Å²) in [5.41, 5.74) is 4.95. The van der Waals surface area contributed by atoms with Crippen LogP contribution in [0.15, 0.2) is 92.2 Å². The largest absolute Gasteiger partial charge is 0.344 e. The van der Waals surface area contributed by atoms with Crippen LogP contribution in [0.5, 0.6) is 0 Å². The molecule has 0 atom stereocenters. The quantitative estimate of drug-likeness (QED) is 0.0171. The molecule has 0 bridgehead atoms. The van der Waals surface area contributed by atoms with Gasteiger partial charge in [-0.25, -0.2) is 23.2 Å². The summed E-state index contributed by atoms with van der Waals surface area (Å²) in [6.07, 6.45) is 11.4. The number of hydrogen-bond donors (Lipinski definition) is 4. The highest BCUT2D eigenvalue weighted by Crippen LogP contribution is 2.50. The van der Waals surface area contributed by atoms with E-state index in [9.17, 15) is 39.2 Å². The van der Waals surface area contributed by atoms with Gasteiger partial charge in [0.25, 0.3) is 20.2 Å². The lowest BCUT2D eigenvalue weighted by Crippen LogP contribution is -2.29.